The van der Waals surface area contributed by atoms with Crippen molar-refractivity contribution in [2.75, 3.05) is 19.7 Å². The van der Waals surface area contributed by atoms with E-state index in [1.54, 1.807) is 0 Å². The summed E-state index contributed by atoms with van der Waals surface area (Å²) in [5.41, 5.74) is 1.14. The number of hydrogen-bond acceptors (Lipinski definition) is 3. The Morgan fingerprint density at radius 3 is 2.54 bits per heavy atom. The lowest BCUT2D eigenvalue weighted by atomic mass is 9.89. The Morgan fingerprint density at radius 2 is 1.85 bits per heavy atom. The Morgan fingerprint density at radius 1 is 1.12 bits per heavy atom. The zero-order valence-electron chi connectivity index (χ0n) is 15.3. The van der Waals surface area contributed by atoms with Crippen LogP contribution >= 0.6 is 0 Å². The van der Waals surface area contributed by atoms with Crippen LogP contribution < -0.4 is 4.74 Å². The summed E-state index contributed by atoms with van der Waals surface area (Å²) in [5.74, 6) is -1.56. The summed E-state index contributed by atoms with van der Waals surface area (Å²) >= 11 is 0. The molecule has 0 radical (unpaired) electrons. The van der Waals surface area contributed by atoms with Crippen molar-refractivity contribution in [1.82, 2.24) is 14.7 Å². The fraction of sp³-hybridized carbons (Fsp3) is 0.650. The van der Waals surface area contributed by atoms with Gasteiger partial charge in [0, 0.05) is 37.4 Å². The third kappa shape index (κ3) is 3.56. The van der Waals surface area contributed by atoms with Crippen molar-refractivity contribution in [3.05, 3.63) is 24.4 Å². The van der Waals surface area contributed by atoms with Gasteiger partial charge in [0.2, 0.25) is 5.92 Å². The summed E-state index contributed by atoms with van der Waals surface area (Å²) in [4.78, 5) is 2.42. The van der Waals surface area contributed by atoms with Crippen LogP contribution in [0.3, 0.4) is 0 Å². The van der Waals surface area contributed by atoms with E-state index >= 15 is 0 Å². The molecule has 2 heterocycles. The van der Waals surface area contributed by atoms with Crippen LogP contribution in [0.1, 0.15) is 51.5 Å². The quantitative estimate of drug-likeness (QED) is 0.792. The van der Waals surface area contributed by atoms with Crippen LogP contribution in [-0.2, 0) is 0 Å². The largest absolute Gasteiger partial charge is 0.494 e. The molecular formula is C20H27F2N3O. The van der Waals surface area contributed by atoms with Gasteiger partial charge < -0.3 is 9.64 Å². The molecule has 0 N–H and O–H groups in total. The fourth-order valence-electron chi connectivity index (χ4n) is 4.46. The molecule has 142 valence electrons. The molecule has 0 bridgehead atoms. The number of alkyl halides is 2. The normalized spacial score (nSPS) is 22.7. The maximum absolute atomic E-state index is 13.4. The number of piperidine rings is 1. The van der Waals surface area contributed by atoms with Gasteiger partial charge >= 0.3 is 0 Å². The molecule has 4 nitrogen and oxygen atoms in total. The first-order valence-electron chi connectivity index (χ1n) is 9.78. The van der Waals surface area contributed by atoms with E-state index in [0.717, 1.165) is 42.6 Å². The Labute approximate surface area is 153 Å². The van der Waals surface area contributed by atoms with E-state index in [2.05, 4.69) is 20.7 Å². The van der Waals surface area contributed by atoms with E-state index in [-0.39, 0.29) is 12.8 Å². The Hall–Kier alpha value is -1.69. The molecule has 1 aliphatic carbocycles. The molecule has 1 saturated carbocycles. The Kier molecular flexibility index (Phi) is 4.86. The van der Waals surface area contributed by atoms with E-state index < -0.39 is 5.92 Å². The van der Waals surface area contributed by atoms with Crippen LogP contribution in [0.5, 0.6) is 5.75 Å². The standard InChI is InChI=1S/C20H27F2N3O/c1-2-26-18-3-4-19-15(13-18)14-23-25(19)17-7-11-24(12-8-17)16-5-9-20(21,22)10-6-16/h3-4,13-14,16-17H,2,5-12H2,1H3. The molecular weight excluding hydrogens is 336 g/mol. The third-order valence-corrected chi connectivity index (χ3v) is 5.93. The van der Waals surface area contributed by atoms with E-state index in [0.29, 0.717) is 31.5 Å². The molecule has 0 amide bonds. The van der Waals surface area contributed by atoms with Gasteiger partial charge in [-0.1, -0.05) is 0 Å². The van der Waals surface area contributed by atoms with Crippen molar-refractivity contribution in [2.45, 2.75) is 63.5 Å². The zero-order valence-corrected chi connectivity index (χ0v) is 15.3. The highest BCUT2D eigenvalue weighted by Crippen LogP contribution is 2.37. The summed E-state index contributed by atoms with van der Waals surface area (Å²) in [6.07, 6.45) is 5.31. The van der Waals surface area contributed by atoms with Crippen LogP contribution in [0.2, 0.25) is 0 Å². The van der Waals surface area contributed by atoms with Crippen molar-refractivity contribution in [2.24, 2.45) is 0 Å². The zero-order chi connectivity index (χ0) is 18.1. The highest BCUT2D eigenvalue weighted by molar-refractivity contribution is 5.80. The summed E-state index contributed by atoms with van der Waals surface area (Å²) < 4.78 is 34.5. The molecule has 1 aliphatic heterocycles. The van der Waals surface area contributed by atoms with Gasteiger partial charge in [0.05, 0.1) is 24.4 Å². The number of halogens is 2. The van der Waals surface area contributed by atoms with Crippen molar-refractivity contribution < 1.29 is 13.5 Å². The summed E-state index contributed by atoms with van der Waals surface area (Å²) in [6.45, 7) is 4.58. The summed E-state index contributed by atoms with van der Waals surface area (Å²) in [6, 6.07) is 6.84. The fourth-order valence-corrected chi connectivity index (χ4v) is 4.46. The molecule has 1 saturated heterocycles. The maximum Gasteiger partial charge on any atom is 0.248 e. The number of fused-ring (bicyclic) bond motifs is 1. The van der Waals surface area contributed by atoms with E-state index in [1.165, 1.54) is 0 Å². The van der Waals surface area contributed by atoms with Crippen molar-refractivity contribution in [3.63, 3.8) is 0 Å². The minimum atomic E-state index is -2.44. The Balaban J connectivity index is 1.40. The smallest absolute Gasteiger partial charge is 0.248 e. The first-order chi connectivity index (χ1) is 12.6. The van der Waals surface area contributed by atoms with Gasteiger partial charge in [-0.2, -0.15) is 5.10 Å². The highest BCUT2D eigenvalue weighted by atomic mass is 19.3. The maximum atomic E-state index is 13.4. The second kappa shape index (κ2) is 7.14. The number of benzene rings is 1. The number of aromatic nitrogens is 2. The third-order valence-electron chi connectivity index (χ3n) is 5.93. The van der Waals surface area contributed by atoms with Crippen molar-refractivity contribution >= 4 is 10.9 Å². The SMILES string of the molecule is CCOc1ccc2c(cnn2C2CCN(C3CCC(F)(F)CC3)CC2)c1. The van der Waals surface area contributed by atoms with E-state index in [1.807, 2.05) is 25.3 Å². The molecule has 0 atom stereocenters. The average Bonchev–Trinajstić information content (AvgIpc) is 3.05. The molecule has 4 rings (SSSR count). The predicted molar refractivity (Wildman–Crippen MR) is 97.9 cm³/mol. The number of likely N-dealkylation sites (tertiary alicyclic amines) is 1. The summed E-state index contributed by atoms with van der Waals surface area (Å²) in [5, 5.41) is 5.72. The summed E-state index contributed by atoms with van der Waals surface area (Å²) in [7, 11) is 0. The first-order valence-corrected chi connectivity index (χ1v) is 9.78. The molecule has 1 aromatic carbocycles. The van der Waals surface area contributed by atoms with Gasteiger partial charge in [0.1, 0.15) is 5.75 Å². The second-order valence-corrected chi connectivity index (χ2v) is 7.60. The van der Waals surface area contributed by atoms with Crippen molar-refractivity contribution in [3.8, 4) is 5.75 Å². The predicted octanol–water partition coefficient (Wildman–Crippen LogP) is 4.65. The molecule has 1 aromatic heterocycles. The molecule has 2 fully saturated rings. The first kappa shape index (κ1) is 17.7. The van der Waals surface area contributed by atoms with Gasteiger partial charge in [0.15, 0.2) is 0 Å². The van der Waals surface area contributed by atoms with E-state index in [9.17, 15) is 8.78 Å². The lowest BCUT2D eigenvalue weighted by Gasteiger charge is -2.40. The number of hydrogen-bond donors (Lipinski definition) is 0. The number of nitrogens with zero attached hydrogens (tertiary/aromatic N) is 3. The molecule has 6 heteroatoms. The molecule has 2 aromatic rings. The van der Waals surface area contributed by atoms with Crippen LogP contribution in [0.4, 0.5) is 8.78 Å². The molecule has 0 spiro atoms. The van der Waals surface area contributed by atoms with Gasteiger partial charge in [-0.3, -0.25) is 4.68 Å². The minimum absolute atomic E-state index is 0.0452. The lowest BCUT2D eigenvalue weighted by Crippen LogP contribution is -2.45. The molecule has 0 unspecified atom stereocenters. The average molecular weight is 363 g/mol. The van der Waals surface area contributed by atoms with Crippen LogP contribution in [-0.4, -0.2) is 46.3 Å². The van der Waals surface area contributed by atoms with Crippen LogP contribution in [0.25, 0.3) is 10.9 Å². The number of ether oxygens (including phenoxy) is 1. The van der Waals surface area contributed by atoms with Gasteiger partial charge in [-0.15, -0.1) is 0 Å². The highest BCUT2D eigenvalue weighted by Gasteiger charge is 2.37. The number of rotatable bonds is 4. The lowest BCUT2D eigenvalue weighted by molar-refractivity contribution is -0.0566. The molecule has 2 aliphatic rings. The minimum Gasteiger partial charge on any atom is -0.494 e. The molecule has 26 heavy (non-hydrogen) atoms. The van der Waals surface area contributed by atoms with Gasteiger partial charge in [-0.05, 0) is 50.8 Å². The van der Waals surface area contributed by atoms with Crippen LogP contribution in [0.15, 0.2) is 24.4 Å². The Bertz CT molecular complexity index is 743. The van der Waals surface area contributed by atoms with Gasteiger partial charge in [-0.25, -0.2) is 8.78 Å². The van der Waals surface area contributed by atoms with E-state index in [4.69, 9.17) is 4.74 Å². The van der Waals surface area contributed by atoms with Crippen LogP contribution in [0, 0.1) is 0 Å². The van der Waals surface area contributed by atoms with Gasteiger partial charge in [0.25, 0.3) is 0 Å². The monoisotopic (exact) mass is 363 g/mol. The topological polar surface area (TPSA) is 30.3 Å². The second-order valence-electron chi connectivity index (χ2n) is 7.60. The van der Waals surface area contributed by atoms with Crippen molar-refractivity contribution in [1.29, 1.82) is 0 Å².